The van der Waals surface area contributed by atoms with Crippen molar-refractivity contribution in [1.29, 1.82) is 0 Å². The summed E-state index contributed by atoms with van der Waals surface area (Å²) in [5.41, 5.74) is 0.494. The molecule has 94 valence electrons. The predicted octanol–water partition coefficient (Wildman–Crippen LogP) is 1.80. The van der Waals surface area contributed by atoms with Crippen molar-refractivity contribution in [3.05, 3.63) is 41.3 Å². The van der Waals surface area contributed by atoms with Crippen molar-refractivity contribution >= 4 is 32.2 Å². The van der Waals surface area contributed by atoms with Crippen LogP contribution >= 0.6 is 11.3 Å². The minimum atomic E-state index is -3.33. The van der Waals surface area contributed by atoms with E-state index in [-0.39, 0.29) is 16.1 Å². The summed E-state index contributed by atoms with van der Waals surface area (Å²) in [6.07, 6.45) is 1.07. The summed E-state index contributed by atoms with van der Waals surface area (Å²) in [5.74, 6) is -0.315. The molecule has 2 aromatic rings. The maximum atomic E-state index is 11.8. The van der Waals surface area contributed by atoms with Crippen molar-refractivity contribution in [2.24, 2.45) is 0 Å². The molecule has 1 amide bonds. The molecule has 0 saturated heterocycles. The van der Waals surface area contributed by atoms with E-state index in [0.717, 1.165) is 17.6 Å². The maximum Gasteiger partial charge on any atom is 0.257 e. The van der Waals surface area contributed by atoms with Gasteiger partial charge in [-0.2, -0.15) is 0 Å². The smallest absolute Gasteiger partial charge is 0.257 e. The molecule has 0 radical (unpaired) electrons. The first-order valence-electron chi connectivity index (χ1n) is 4.99. The van der Waals surface area contributed by atoms with Crippen LogP contribution in [0.4, 0.5) is 5.13 Å². The van der Waals surface area contributed by atoms with Crippen molar-refractivity contribution in [2.75, 3.05) is 11.6 Å². The van der Waals surface area contributed by atoms with E-state index in [0.29, 0.717) is 5.56 Å². The van der Waals surface area contributed by atoms with Crippen LogP contribution in [0.15, 0.2) is 40.7 Å². The van der Waals surface area contributed by atoms with E-state index < -0.39 is 9.84 Å². The maximum absolute atomic E-state index is 11.8. The number of benzene rings is 1. The Morgan fingerprint density at radius 3 is 2.50 bits per heavy atom. The van der Waals surface area contributed by atoms with Gasteiger partial charge in [-0.05, 0) is 12.1 Å². The number of carbonyl (C=O) groups excluding carboxylic acids is 1. The first-order valence-corrected chi connectivity index (χ1v) is 7.76. The van der Waals surface area contributed by atoms with E-state index in [1.807, 2.05) is 6.07 Å². The molecule has 2 rings (SSSR count). The quantitative estimate of drug-likeness (QED) is 0.931. The Hall–Kier alpha value is -1.73. The number of nitrogens with one attached hydrogen (secondary N) is 1. The summed E-state index contributed by atoms with van der Waals surface area (Å²) in [4.78, 5) is 15.6. The van der Waals surface area contributed by atoms with Gasteiger partial charge < -0.3 is 0 Å². The molecule has 0 aliphatic rings. The second-order valence-electron chi connectivity index (χ2n) is 3.58. The molecule has 0 bridgehead atoms. The molecule has 0 spiro atoms. The lowest BCUT2D eigenvalue weighted by Crippen LogP contribution is -2.11. The van der Waals surface area contributed by atoms with E-state index in [1.165, 1.54) is 5.38 Å². The van der Waals surface area contributed by atoms with Gasteiger partial charge in [0.25, 0.3) is 5.91 Å². The third kappa shape index (κ3) is 2.93. The normalized spacial score (nSPS) is 11.2. The molecule has 0 atom stereocenters. The van der Waals surface area contributed by atoms with Crippen LogP contribution in [0.2, 0.25) is 0 Å². The largest absolute Gasteiger partial charge is 0.298 e. The third-order valence-corrected chi connectivity index (χ3v) is 4.00. The van der Waals surface area contributed by atoms with Gasteiger partial charge in [-0.3, -0.25) is 10.1 Å². The monoisotopic (exact) mass is 282 g/mol. The van der Waals surface area contributed by atoms with E-state index in [1.54, 1.807) is 24.3 Å². The average Bonchev–Trinajstić information content (AvgIpc) is 2.78. The second kappa shape index (κ2) is 4.87. The fourth-order valence-corrected chi connectivity index (χ4v) is 2.97. The van der Waals surface area contributed by atoms with Crippen molar-refractivity contribution in [2.45, 2.75) is 5.03 Å². The van der Waals surface area contributed by atoms with Gasteiger partial charge in [0.2, 0.25) is 0 Å². The van der Waals surface area contributed by atoms with Gasteiger partial charge in [0.05, 0.1) is 0 Å². The van der Waals surface area contributed by atoms with Gasteiger partial charge in [-0.25, -0.2) is 13.4 Å². The zero-order valence-electron chi connectivity index (χ0n) is 9.45. The molecule has 0 aliphatic heterocycles. The number of aromatic nitrogens is 1. The fraction of sp³-hybridized carbons (Fsp3) is 0.0909. The highest BCUT2D eigenvalue weighted by Gasteiger charge is 2.14. The summed E-state index contributed by atoms with van der Waals surface area (Å²) in [6, 6.07) is 8.64. The van der Waals surface area contributed by atoms with E-state index in [4.69, 9.17) is 0 Å². The van der Waals surface area contributed by atoms with Crippen LogP contribution in [-0.2, 0) is 9.84 Å². The average molecular weight is 282 g/mol. The first-order chi connectivity index (χ1) is 8.47. The van der Waals surface area contributed by atoms with Gasteiger partial charge in [0.15, 0.2) is 20.0 Å². The molecule has 1 aromatic heterocycles. The number of hydrogen-bond acceptors (Lipinski definition) is 5. The number of sulfone groups is 1. The zero-order valence-corrected chi connectivity index (χ0v) is 11.1. The van der Waals surface area contributed by atoms with Crippen molar-refractivity contribution in [1.82, 2.24) is 4.98 Å². The van der Waals surface area contributed by atoms with E-state index in [9.17, 15) is 13.2 Å². The van der Waals surface area contributed by atoms with Gasteiger partial charge in [0, 0.05) is 17.2 Å². The van der Waals surface area contributed by atoms with Crippen molar-refractivity contribution in [3.8, 4) is 0 Å². The summed E-state index contributed by atoms with van der Waals surface area (Å²) >= 11 is 1.08. The fourth-order valence-electron chi connectivity index (χ4n) is 1.25. The van der Waals surface area contributed by atoms with Crippen molar-refractivity contribution < 1.29 is 13.2 Å². The molecule has 0 aliphatic carbocycles. The Morgan fingerprint density at radius 2 is 1.94 bits per heavy atom. The summed E-state index contributed by atoms with van der Waals surface area (Å²) < 4.78 is 22.5. The molecule has 1 N–H and O–H groups in total. The van der Waals surface area contributed by atoms with Crippen LogP contribution < -0.4 is 5.32 Å². The molecular weight excluding hydrogens is 272 g/mol. The predicted molar refractivity (Wildman–Crippen MR) is 69.6 cm³/mol. The lowest BCUT2D eigenvalue weighted by Gasteiger charge is -2.00. The first kappa shape index (κ1) is 12.7. The third-order valence-electron chi connectivity index (χ3n) is 2.12. The minimum Gasteiger partial charge on any atom is -0.298 e. The Kier molecular flexibility index (Phi) is 3.44. The molecule has 7 heteroatoms. The topological polar surface area (TPSA) is 76.1 Å². The second-order valence-corrected chi connectivity index (χ2v) is 6.40. The standard InChI is InChI=1S/C11H10N2O3S2/c1-18(15,16)9-7-17-11(12-9)13-10(14)8-5-3-2-4-6-8/h2-7H,1H3,(H,12,13,14). The SMILES string of the molecule is CS(=O)(=O)c1csc(NC(=O)c2ccccc2)n1. The van der Waals surface area contributed by atoms with Crippen LogP contribution in [0.3, 0.4) is 0 Å². The molecule has 1 aromatic carbocycles. The summed E-state index contributed by atoms with van der Waals surface area (Å²) in [7, 11) is -3.33. The number of carbonyl (C=O) groups is 1. The molecular formula is C11H10N2O3S2. The van der Waals surface area contributed by atoms with Crippen LogP contribution in [0.5, 0.6) is 0 Å². The number of rotatable bonds is 3. The van der Waals surface area contributed by atoms with Gasteiger partial charge >= 0.3 is 0 Å². The van der Waals surface area contributed by atoms with Crippen LogP contribution in [0.1, 0.15) is 10.4 Å². The van der Waals surface area contributed by atoms with Crippen molar-refractivity contribution in [3.63, 3.8) is 0 Å². The molecule has 0 saturated carbocycles. The number of nitrogens with zero attached hydrogens (tertiary/aromatic N) is 1. The Labute approximate surface area is 108 Å². The number of anilines is 1. The number of hydrogen-bond donors (Lipinski definition) is 1. The Morgan fingerprint density at radius 1 is 1.28 bits per heavy atom. The van der Waals surface area contributed by atoms with Crippen LogP contribution in [0, 0.1) is 0 Å². The van der Waals surface area contributed by atoms with Crippen LogP contribution in [-0.4, -0.2) is 25.6 Å². The summed E-state index contributed by atoms with van der Waals surface area (Å²) in [6.45, 7) is 0. The molecule has 5 nitrogen and oxygen atoms in total. The highest BCUT2D eigenvalue weighted by atomic mass is 32.2. The van der Waals surface area contributed by atoms with E-state index in [2.05, 4.69) is 10.3 Å². The molecule has 18 heavy (non-hydrogen) atoms. The van der Waals surface area contributed by atoms with Gasteiger partial charge in [0.1, 0.15) is 0 Å². The van der Waals surface area contributed by atoms with Gasteiger partial charge in [-0.1, -0.05) is 18.2 Å². The molecule has 0 fully saturated rings. The lowest BCUT2D eigenvalue weighted by atomic mass is 10.2. The lowest BCUT2D eigenvalue weighted by molar-refractivity contribution is 0.102. The minimum absolute atomic E-state index is 0.0316. The molecule has 1 heterocycles. The number of thiazole rings is 1. The highest BCUT2D eigenvalue weighted by molar-refractivity contribution is 7.90. The highest BCUT2D eigenvalue weighted by Crippen LogP contribution is 2.19. The van der Waals surface area contributed by atoms with E-state index >= 15 is 0 Å². The Bertz CT molecular complexity index is 663. The number of amides is 1. The summed E-state index contributed by atoms with van der Waals surface area (Å²) in [5, 5.41) is 4.19. The molecule has 0 unspecified atom stereocenters. The Balaban J connectivity index is 2.16. The van der Waals surface area contributed by atoms with Crippen LogP contribution in [0.25, 0.3) is 0 Å². The van der Waals surface area contributed by atoms with Gasteiger partial charge in [-0.15, -0.1) is 11.3 Å². The zero-order chi connectivity index (χ0) is 13.2.